The molecule has 1 fully saturated rings. The van der Waals surface area contributed by atoms with Crippen LogP contribution in [0, 0.1) is 0 Å². The highest BCUT2D eigenvalue weighted by atomic mass is 16.5. The maximum Gasteiger partial charge on any atom is 0.252 e. The van der Waals surface area contributed by atoms with E-state index in [2.05, 4.69) is 0 Å². The molecule has 2 aliphatic rings. The Labute approximate surface area is 101 Å². The van der Waals surface area contributed by atoms with Gasteiger partial charge in [-0.25, -0.2) is 0 Å². The van der Waals surface area contributed by atoms with E-state index in [4.69, 9.17) is 4.74 Å². The minimum atomic E-state index is -0.276. The van der Waals surface area contributed by atoms with Crippen LogP contribution in [0.15, 0.2) is 42.0 Å². The molecule has 2 aliphatic heterocycles. The summed E-state index contributed by atoms with van der Waals surface area (Å²) >= 11 is 0. The molecule has 1 aromatic rings. The highest BCUT2D eigenvalue weighted by Gasteiger charge is 2.50. The van der Waals surface area contributed by atoms with Crippen LogP contribution in [-0.2, 0) is 9.53 Å². The zero-order valence-corrected chi connectivity index (χ0v) is 10.0. The van der Waals surface area contributed by atoms with Gasteiger partial charge in [0.05, 0.1) is 12.1 Å². The zero-order valence-electron chi connectivity index (χ0n) is 10.0. The second kappa shape index (κ2) is 3.44. The predicted molar refractivity (Wildman–Crippen MR) is 64.1 cm³/mol. The number of amides is 1. The lowest BCUT2D eigenvalue weighted by Crippen LogP contribution is -2.41. The van der Waals surface area contributed by atoms with Crippen LogP contribution in [0.25, 0.3) is 0 Å². The van der Waals surface area contributed by atoms with Gasteiger partial charge < -0.3 is 4.74 Å². The van der Waals surface area contributed by atoms with Crippen LogP contribution in [0.3, 0.4) is 0 Å². The quantitative estimate of drug-likeness (QED) is 0.739. The van der Waals surface area contributed by atoms with Gasteiger partial charge in [0.25, 0.3) is 5.91 Å². The van der Waals surface area contributed by atoms with Crippen molar-refractivity contribution in [1.29, 1.82) is 0 Å². The monoisotopic (exact) mass is 229 g/mol. The van der Waals surface area contributed by atoms with Gasteiger partial charge in [-0.1, -0.05) is 30.3 Å². The minimum absolute atomic E-state index is 0.0823. The molecular weight excluding hydrogens is 214 g/mol. The lowest BCUT2D eigenvalue weighted by molar-refractivity contribution is -0.133. The number of rotatable bonds is 1. The van der Waals surface area contributed by atoms with Crippen LogP contribution >= 0.6 is 0 Å². The van der Waals surface area contributed by atoms with Gasteiger partial charge in [0, 0.05) is 11.1 Å². The fourth-order valence-corrected chi connectivity index (χ4v) is 2.69. The molecule has 0 spiro atoms. The molecule has 3 heteroatoms. The number of carbonyl (C=O) groups is 1. The molecule has 2 atom stereocenters. The Bertz CT molecular complexity index is 494. The van der Waals surface area contributed by atoms with E-state index in [1.807, 2.05) is 55.2 Å². The van der Waals surface area contributed by atoms with Crippen molar-refractivity contribution in [3.8, 4) is 0 Å². The van der Waals surface area contributed by atoms with Crippen LogP contribution in [-0.4, -0.2) is 23.0 Å². The molecule has 0 aromatic heterocycles. The van der Waals surface area contributed by atoms with Crippen LogP contribution in [0.4, 0.5) is 0 Å². The number of nitrogens with zero attached hydrogens (tertiary/aromatic N) is 1. The lowest BCUT2D eigenvalue weighted by Gasteiger charge is -2.29. The van der Waals surface area contributed by atoms with Gasteiger partial charge in [-0.15, -0.1) is 0 Å². The summed E-state index contributed by atoms with van der Waals surface area (Å²) < 4.78 is 5.79. The van der Waals surface area contributed by atoms with E-state index < -0.39 is 0 Å². The second-order valence-electron chi connectivity index (χ2n) is 4.93. The molecule has 17 heavy (non-hydrogen) atoms. The molecule has 1 saturated heterocycles. The Morgan fingerprint density at radius 1 is 1.35 bits per heavy atom. The Hall–Kier alpha value is -1.61. The summed E-state index contributed by atoms with van der Waals surface area (Å²) in [4.78, 5) is 14.0. The molecule has 3 nitrogen and oxygen atoms in total. The molecule has 0 bridgehead atoms. The third kappa shape index (κ3) is 1.42. The van der Waals surface area contributed by atoms with E-state index in [0.29, 0.717) is 6.61 Å². The number of fused-ring (bicyclic) bond motifs is 1. The molecule has 1 amide bonds. The van der Waals surface area contributed by atoms with E-state index in [1.165, 1.54) is 0 Å². The van der Waals surface area contributed by atoms with E-state index in [9.17, 15) is 4.79 Å². The van der Waals surface area contributed by atoms with Crippen molar-refractivity contribution in [3.63, 3.8) is 0 Å². The van der Waals surface area contributed by atoms with Crippen LogP contribution < -0.4 is 0 Å². The lowest BCUT2D eigenvalue weighted by atomic mass is 10.0. The molecule has 0 N–H and O–H groups in total. The number of benzene rings is 1. The SMILES string of the molecule is CC1=C[C@]2(C)COC(c3ccccc3)N2C1=O. The Kier molecular flexibility index (Phi) is 2.13. The maximum atomic E-state index is 12.2. The van der Waals surface area contributed by atoms with Gasteiger partial charge in [0.15, 0.2) is 6.23 Å². The van der Waals surface area contributed by atoms with E-state index in [0.717, 1.165) is 11.1 Å². The summed E-state index contributed by atoms with van der Waals surface area (Å²) in [5.74, 6) is 0.0823. The first-order chi connectivity index (χ1) is 8.12. The Morgan fingerprint density at radius 2 is 2.06 bits per heavy atom. The Morgan fingerprint density at radius 3 is 2.76 bits per heavy atom. The summed E-state index contributed by atoms with van der Waals surface area (Å²) in [6, 6.07) is 9.89. The molecule has 1 aromatic carbocycles. The number of ether oxygens (including phenoxy) is 1. The third-order valence-electron chi connectivity index (χ3n) is 3.49. The molecule has 0 radical (unpaired) electrons. The van der Waals surface area contributed by atoms with Crippen LogP contribution in [0.2, 0.25) is 0 Å². The van der Waals surface area contributed by atoms with Gasteiger partial charge in [0.1, 0.15) is 0 Å². The summed E-state index contributed by atoms with van der Waals surface area (Å²) in [6.45, 7) is 4.48. The largest absolute Gasteiger partial charge is 0.351 e. The third-order valence-corrected chi connectivity index (χ3v) is 3.49. The highest BCUT2D eigenvalue weighted by Crippen LogP contribution is 2.42. The van der Waals surface area contributed by atoms with E-state index in [1.54, 1.807) is 0 Å². The average Bonchev–Trinajstić information content (AvgIpc) is 2.76. The van der Waals surface area contributed by atoms with E-state index in [-0.39, 0.29) is 17.7 Å². The van der Waals surface area contributed by atoms with Crippen LogP contribution in [0.1, 0.15) is 25.6 Å². The van der Waals surface area contributed by atoms with Gasteiger partial charge in [-0.3, -0.25) is 9.69 Å². The summed E-state index contributed by atoms with van der Waals surface area (Å²) in [7, 11) is 0. The maximum absolute atomic E-state index is 12.2. The molecule has 88 valence electrons. The summed E-state index contributed by atoms with van der Waals surface area (Å²) in [6.07, 6.45) is 1.76. The van der Waals surface area contributed by atoms with Crippen molar-refractivity contribution in [2.45, 2.75) is 25.6 Å². The van der Waals surface area contributed by atoms with E-state index >= 15 is 0 Å². The molecule has 2 heterocycles. The average molecular weight is 229 g/mol. The zero-order chi connectivity index (χ0) is 12.0. The first-order valence-electron chi connectivity index (χ1n) is 5.81. The smallest absolute Gasteiger partial charge is 0.252 e. The molecule has 1 unspecified atom stereocenters. The van der Waals surface area contributed by atoms with Crippen molar-refractivity contribution >= 4 is 5.91 Å². The van der Waals surface area contributed by atoms with Crippen molar-refractivity contribution in [1.82, 2.24) is 4.90 Å². The minimum Gasteiger partial charge on any atom is -0.351 e. The fourth-order valence-electron chi connectivity index (χ4n) is 2.69. The van der Waals surface area contributed by atoms with Gasteiger partial charge >= 0.3 is 0 Å². The molecule has 0 saturated carbocycles. The van der Waals surface area contributed by atoms with Crippen molar-refractivity contribution in [2.24, 2.45) is 0 Å². The number of hydrogen-bond donors (Lipinski definition) is 0. The fraction of sp³-hybridized carbons (Fsp3) is 0.357. The standard InChI is InChI=1S/C14H15NO2/c1-10-8-14(2)9-17-13(15(14)12(10)16)11-6-4-3-5-7-11/h3-8,13H,9H2,1-2H3/t13?,14-/m1/s1. The van der Waals surface area contributed by atoms with Crippen molar-refractivity contribution in [2.75, 3.05) is 6.61 Å². The topological polar surface area (TPSA) is 29.5 Å². The predicted octanol–water partition coefficient (Wildman–Crippen LogP) is 2.26. The second-order valence-corrected chi connectivity index (χ2v) is 4.93. The number of hydrogen-bond acceptors (Lipinski definition) is 2. The van der Waals surface area contributed by atoms with Crippen molar-refractivity contribution < 1.29 is 9.53 Å². The Balaban J connectivity index is 2.00. The van der Waals surface area contributed by atoms with Gasteiger partial charge in [0.2, 0.25) is 0 Å². The normalized spacial score (nSPS) is 31.6. The van der Waals surface area contributed by atoms with Crippen molar-refractivity contribution in [3.05, 3.63) is 47.5 Å². The van der Waals surface area contributed by atoms with Gasteiger partial charge in [-0.2, -0.15) is 0 Å². The van der Waals surface area contributed by atoms with Crippen LogP contribution in [0.5, 0.6) is 0 Å². The highest BCUT2D eigenvalue weighted by molar-refractivity contribution is 5.97. The molecule has 0 aliphatic carbocycles. The molecular formula is C14H15NO2. The number of carbonyl (C=O) groups excluding carboxylic acids is 1. The summed E-state index contributed by atoms with van der Waals surface area (Å²) in [5.41, 5.74) is 1.58. The summed E-state index contributed by atoms with van der Waals surface area (Å²) in [5, 5.41) is 0. The van der Waals surface area contributed by atoms with Gasteiger partial charge in [-0.05, 0) is 19.9 Å². The first-order valence-corrected chi connectivity index (χ1v) is 5.81. The molecule has 3 rings (SSSR count). The first kappa shape index (κ1) is 10.5.